The standard InChI is InChI=1S/C13H20N4/c1-10(2)8-11(14)9-16-13-5-3-4-12-15-6-7-17(12)13/h3-7,10-11,16H,8-9,14H2,1-2H3. The Hall–Kier alpha value is -1.55. The zero-order chi connectivity index (χ0) is 12.3. The SMILES string of the molecule is CC(C)CC(N)CNc1cccc2nccn12. The molecule has 17 heavy (non-hydrogen) atoms. The van der Waals surface area contributed by atoms with E-state index in [2.05, 4.69) is 24.1 Å². The molecule has 0 aliphatic heterocycles. The number of nitrogens with one attached hydrogen (secondary N) is 1. The lowest BCUT2D eigenvalue weighted by atomic mass is 10.0. The van der Waals surface area contributed by atoms with E-state index in [9.17, 15) is 0 Å². The Labute approximate surface area is 102 Å². The molecule has 1 atom stereocenters. The molecule has 0 amide bonds. The third kappa shape index (κ3) is 2.97. The van der Waals surface area contributed by atoms with Crippen molar-refractivity contribution in [1.82, 2.24) is 9.38 Å². The van der Waals surface area contributed by atoms with E-state index in [0.717, 1.165) is 24.4 Å². The van der Waals surface area contributed by atoms with Gasteiger partial charge in [0.25, 0.3) is 0 Å². The van der Waals surface area contributed by atoms with Gasteiger partial charge in [0.2, 0.25) is 0 Å². The van der Waals surface area contributed by atoms with Gasteiger partial charge in [0, 0.05) is 25.0 Å². The molecule has 0 saturated heterocycles. The largest absolute Gasteiger partial charge is 0.370 e. The third-order valence-corrected chi connectivity index (χ3v) is 2.75. The molecular formula is C13H20N4. The Bertz CT molecular complexity index is 475. The van der Waals surface area contributed by atoms with E-state index < -0.39 is 0 Å². The molecule has 2 heterocycles. The maximum Gasteiger partial charge on any atom is 0.138 e. The van der Waals surface area contributed by atoms with E-state index in [1.807, 2.05) is 28.8 Å². The van der Waals surface area contributed by atoms with Gasteiger partial charge < -0.3 is 11.1 Å². The highest BCUT2D eigenvalue weighted by Gasteiger charge is 2.06. The molecule has 1 unspecified atom stereocenters. The van der Waals surface area contributed by atoms with Crippen molar-refractivity contribution in [2.24, 2.45) is 11.7 Å². The first-order valence-corrected chi connectivity index (χ1v) is 6.08. The summed E-state index contributed by atoms with van der Waals surface area (Å²) in [7, 11) is 0. The van der Waals surface area contributed by atoms with Crippen LogP contribution < -0.4 is 11.1 Å². The minimum Gasteiger partial charge on any atom is -0.370 e. The van der Waals surface area contributed by atoms with Crippen molar-refractivity contribution in [3.05, 3.63) is 30.6 Å². The molecule has 0 aliphatic rings. The van der Waals surface area contributed by atoms with Gasteiger partial charge in [-0.1, -0.05) is 19.9 Å². The van der Waals surface area contributed by atoms with Crippen LogP contribution in [-0.4, -0.2) is 22.0 Å². The molecule has 4 heteroatoms. The average Bonchev–Trinajstić information content (AvgIpc) is 2.73. The first kappa shape index (κ1) is 11.9. The molecule has 2 aromatic heterocycles. The highest BCUT2D eigenvalue weighted by molar-refractivity contribution is 5.49. The Morgan fingerprint density at radius 2 is 2.24 bits per heavy atom. The van der Waals surface area contributed by atoms with E-state index in [0.29, 0.717) is 5.92 Å². The molecule has 0 bridgehead atoms. The Morgan fingerprint density at radius 1 is 1.41 bits per heavy atom. The maximum absolute atomic E-state index is 6.05. The molecule has 2 aromatic rings. The average molecular weight is 232 g/mol. The normalized spacial score (nSPS) is 13.2. The summed E-state index contributed by atoms with van der Waals surface area (Å²) in [5.41, 5.74) is 7.01. The number of rotatable bonds is 5. The number of anilines is 1. The monoisotopic (exact) mass is 232 g/mol. The number of pyridine rings is 1. The third-order valence-electron chi connectivity index (χ3n) is 2.75. The lowest BCUT2D eigenvalue weighted by Gasteiger charge is -2.16. The quantitative estimate of drug-likeness (QED) is 0.830. The topological polar surface area (TPSA) is 55.3 Å². The number of imidazole rings is 1. The van der Waals surface area contributed by atoms with Crippen LogP contribution >= 0.6 is 0 Å². The van der Waals surface area contributed by atoms with Crippen LogP contribution in [0.15, 0.2) is 30.6 Å². The van der Waals surface area contributed by atoms with Crippen LogP contribution in [0.3, 0.4) is 0 Å². The second-order valence-corrected chi connectivity index (χ2v) is 4.84. The van der Waals surface area contributed by atoms with Crippen LogP contribution in [-0.2, 0) is 0 Å². The van der Waals surface area contributed by atoms with Gasteiger partial charge in [-0.3, -0.25) is 4.40 Å². The van der Waals surface area contributed by atoms with Gasteiger partial charge in [0.15, 0.2) is 0 Å². The summed E-state index contributed by atoms with van der Waals surface area (Å²) in [5.74, 6) is 1.68. The molecule has 0 aliphatic carbocycles. The highest BCUT2D eigenvalue weighted by atomic mass is 15.1. The molecule has 3 N–H and O–H groups in total. The van der Waals surface area contributed by atoms with Crippen LogP contribution in [0.5, 0.6) is 0 Å². The van der Waals surface area contributed by atoms with Gasteiger partial charge in [-0.2, -0.15) is 0 Å². The van der Waals surface area contributed by atoms with Crippen LogP contribution in [0.4, 0.5) is 5.82 Å². The predicted molar refractivity (Wildman–Crippen MR) is 71.1 cm³/mol. The fraction of sp³-hybridized carbons (Fsp3) is 0.462. The minimum atomic E-state index is 0.189. The van der Waals surface area contributed by atoms with Gasteiger partial charge in [0.1, 0.15) is 11.5 Å². The molecule has 0 fully saturated rings. The summed E-state index contributed by atoms with van der Waals surface area (Å²) in [5, 5.41) is 3.38. The van der Waals surface area contributed by atoms with Crippen molar-refractivity contribution in [2.75, 3.05) is 11.9 Å². The number of nitrogens with two attached hydrogens (primary N) is 1. The minimum absolute atomic E-state index is 0.189. The van der Waals surface area contributed by atoms with E-state index in [-0.39, 0.29) is 6.04 Å². The van der Waals surface area contributed by atoms with Crippen molar-refractivity contribution in [3.63, 3.8) is 0 Å². The first-order valence-electron chi connectivity index (χ1n) is 6.08. The first-order chi connectivity index (χ1) is 8.16. The predicted octanol–water partition coefficient (Wildman–Crippen LogP) is 2.12. The van der Waals surface area contributed by atoms with E-state index in [4.69, 9.17) is 5.73 Å². The summed E-state index contributed by atoms with van der Waals surface area (Å²) in [4.78, 5) is 4.25. The van der Waals surface area contributed by atoms with Crippen LogP contribution in [0.1, 0.15) is 20.3 Å². The van der Waals surface area contributed by atoms with Gasteiger partial charge in [-0.05, 0) is 24.5 Å². The molecular weight excluding hydrogens is 212 g/mol. The summed E-state index contributed by atoms with van der Waals surface area (Å²) in [6, 6.07) is 6.21. The van der Waals surface area contributed by atoms with Gasteiger partial charge in [-0.15, -0.1) is 0 Å². The van der Waals surface area contributed by atoms with E-state index in [1.165, 1.54) is 0 Å². The molecule has 0 aromatic carbocycles. The summed E-state index contributed by atoms with van der Waals surface area (Å²) < 4.78 is 2.03. The van der Waals surface area contributed by atoms with E-state index in [1.54, 1.807) is 6.20 Å². The highest BCUT2D eigenvalue weighted by Crippen LogP contribution is 2.11. The number of hydrogen-bond acceptors (Lipinski definition) is 3. The molecule has 0 saturated carbocycles. The fourth-order valence-corrected chi connectivity index (χ4v) is 2.02. The van der Waals surface area contributed by atoms with Crippen LogP contribution in [0, 0.1) is 5.92 Å². The second kappa shape index (κ2) is 5.19. The van der Waals surface area contributed by atoms with Crippen LogP contribution in [0.25, 0.3) is 5.65 Å². The van der Waals surface area contributed by atoms with Gasteiger partial charge in [0.05, 0.1) is 0 Å². The summed E-state index contributed by atoms with van der Waals surface area (Å²) in [6.45, 7) is 5.17. The number of hydrogen-bond donors (Lipinski definition) is 2. The molecule has 0 radical (unpaired) electrons. The zero-order valence-corrected chi connectivity index (χ0v) is 10.4. The van der Waals surface area contributed by atoms with Crippen molar-refractivity contribution in [3.8, 4) is 0 Å². The Morgan fingerprint density at radius 3 is 3.00 bits per heavy atom. The molecule has 2 rings (SSSR count). The smallest absolute Gasteiger partial charge is 0.138 e. The summed E-state index contributed by atoms with van der Waals surface area (Å²) in [6.07, 6.45) is 4.78. The molecule has 92 valence electrons. The Balaban J connectivity index is 2.01. The van der Waals surface area contributed by atoms with Crippen LogP contribution in [0.2, 0.25) is 0 Å². The Kier molecular flexibility index (Phi) is 3.64. The zero-order valence-electron chi connectivity index (χ0n) is 10.4. The lowest BCUT2D eigenvalue weighted by molar-refractivity contribution is 0.508. The fourth-order valence-electron chi connectivity index (χ4n) is 2.02. The summed E-state index contributed by atoms with van der Waals surface area (Å²) >= 11 is 0. The van der Waals surface area contributed by atoms with E-state index >= 15 is 0 Å². The number of fused-ring (bicyclic) bond motifs is 1. The van der Waals surface area contributed by atoms with Gasteiger partial charge in [-0.25, -0.2) is 4.98 Å². The number of aromatic nitrogens is 2. The molecule has 4 nitrogen and oxygen atoms in total. The van der Waals surface area contributed by atoms with Gasteiger partial charge >= 0.3 is 0 Å². The maximum atomic E-state index is 6.05. The molecule has 0 spiro atoms. The van der Waals surface area contributed by atoms with Crippen molar-refractivity contribution >= 4 is 11.5 Å². The second-order valence-electron chi connectivity index (χ2n) is 4.84. The van der Waals surface area contributed by atoms with Crippen molar-refractivity contribution in [1.29, 1.82) is 0 Å². The lowest BCUT2D eigenvalue weighted by Crippen LogP contribution is -2.30. The van der Waals surface area contributed by atoms with Crippen molar-refractivity contribution in [2.45, 2.75) is 26.3 Å². The van der Waals surface area contributed by atoms with Crippen molar-refractivity contribution < 1.29 is 0 Å². The number of nitrogens with zero attached hydrogens (tertiary/aromatic N) is 2.